The molecule has 2 rings (SSSR count). The van der Waals surface area contributed by atoms with Gasteiger partial charge < -0.3 is 5.73 Å². The van der Waals surface area contributed by atoms with E-state index in [-0.39, 0.29) is 6.04 Å². The van der Waals surface area contributed by atoms with Gasteiger partial charge >= 0.3 is 0 Å². The van der Waals surface area contributed by atoms with Crippen LogP contribution in [-0.4, -0.2) is 10.7 Å². The lowest BCUT2D eigenvalue weighted by molar-refractivity contribution is 0.828. The highest BCUT2D eigenvalue weighted by Gasteiger charge is 2.08. The topological polar surface area (TPSA) is 38.9 Å². The van der Waals surface area contributed by atoms with Gasteiger partial charge in [0.25, 0.3) is 0 Å². The fraction of sp³-hybridized carbons (Fsp3) is 0.312. The molecule has 0 fully saturated rings. The number of nitrogens with zero attached hydrogens (tertiary/aromatic N) is 1. The summed E-state index contributed by atoms with van der Waals surface area (Å²) in [5, 5.41) is 1.06. The molecule has 0 aliphatic rings. The first kappa shape index (κ1) is 14.1. The van der Waals surface area contributed by atoms with Gasteiger partial charge in [0.2, 0.25) is 0 Å². The molecule has 0 bridgehead atoms. The summed E-state index contributed by atoms with van der Waals surface area (Å²) in [5.41, 5.74) is 11.0. The highest BCUT2D eigenvalue weighted by atomic mass is 32.2. The Balaban J connectivity index is 2.02. The molecule has 0 saturated heterocycles. The summed E-state index contributed by atoms with van der Waals surface area (Å²) in [5.74, 6) is 0.847. The predicted octanol–water partition coefficient (Wildman–Crippen LogP) is 3.80. The van der Waals surface area contributed by atoms with Gasteiger partial charge in [0.05, 0.1) is 5.03 Å². The molecule has 1 aromatic carbocycles. The van der Waals surface area contributed by atoms with Gasteiger partial charge in [-0.05, 0) is 44.0 Å². The first-order valence-electron chi connectivity index (χ1n) is 6.45. The third kappa shape index (κ3) is 4.08. The van der Waals surface area contributed by atoms with Crippen molar-refractivity contribution in [1.29, 1.82) is 0 Å². The Kier molecular flexibility index (Phi) is 4.61. The van der Waals surface area contributed by atoms with Crippen molar-refractivity contribution in [2.24, 2.45) is 5.73 Å². The maximum absolute atomic E-state index is 6.24. The van der Waals surface area contributed by atoms with Crippen LogP contribution in [0.1, 0.15) is 28.4 Å². The number of thioether (sulfide) groups is 1. The summed E-state index contributed by atoms with van der Waals surface area (Å²) in [6, 6.07) is 12.6. The molecule has 0 aliphatic carbocycles. The number of nitrogens with two attached hydrogens (primary N) is 1. The second-order valence-electron chi connectivity index (χ2n) is 4.96. The molecule has 0 spiro atoms. The van der Waals surface area contributed by atoms with Gasteiger partial charge in [-0.3, -0.25) is 0 Å². The molecule has 0 amide bonds. The third-order valence-electron chi connectivity index (χ3n) is 2.96. The molecule has 3 heteroatoms. The molecule has 2 N–H and O–H groups in total. The summed E-state index contributed by atoms with van der Waals surface area (Å²) >= 11 is 1.72. The Bertz CT molecular complexity index is 546. The Morgan fingerprint density at radius 1 is 1.11 bits per heavy atom. The number of aromatic nitrogens is 1. The smallest absolute Gasteiger partial charge is 0.0966 e. The van der Waals surface area contributed by atoms with E-state index in [2.05, 4.69) is 55.2 Å². The molecular formula is C16H20N2S. The zero-order chi connectivity index (χ0) is 13.8. The first-order chi connectivity index (χ1) is 9.04. The molecule has 0 aliphatic heterocycles. The second-order valence-corrected chi connectivity index (χ2v) is 6.00. The van der Waals surface area contributed by atoms with Crippen molar-refractivity contribution in [3.8, 4) is 0 Å². The predicted molar refractivity (Wildman–Crippen MR) is 82.5 cm³/mol. The van der Waals surface area contributed by atoms with Crippen LogP contribution in [0.2, 0.25) is 0 Å². The fourth-order valence-electron chi connectivity index (χ4n) is 2.05. The SMILES string of the molecule is Cc1cccc(C(N)CSc2cc(C)cc(C)n2)c1. The number of pyridine rings is 1. The number of aryl methyl sites for hydroxylation is 3. The molecule has 0 saturated carbocycles. The van der Waals surface area contributed by atoms with Crippen molar-refractivity contribution in [2.75, 3.05) is 5.75 Å². The first-order valence-corrected chi connectivity index (χ1v) is 7.43. The lowest BCUT2D eigenvalue weighted by Crippen LogP contribution is -2.13. The normalized spacial score (nSPS) is 12.4. The van der Waals surface area contributed by atoms with Crippen molar-refractivity contribution < 1.29 is 0 Å². The Hall–Kier alpha value is -1.32. The van der Waals surface area contributed by atoms with E-state index in [0.717, 1.165) is 16.5 Å². The molecule has 1 aromatic heterocycles. The number of hydrogen-bond donors (Lipinski definition) is 1. The minimum absolute atomic E-state index is 0.0486. The van der Waals surface area contributed by atoms with Crippen molar-refractivity contribution in [2.45, 2.75) is 31.8 Å². The highest BCUT2D eigenvalue weighted by molar-refractivity contribution is 7.99. The van der Waals surface area contributed by atoms with Crippen LogP contribution in [0, 0.1) is 20.8 Å². The van der Waals surface area contributed by atoms with E-state index in [1.54, 1.807) is 11.8 Å². The van der Waals surface area contributed by atoms with Crippen molar-refractivity contribution in [3.05, 3.63) is 58.8 Å². The van der Waals surface area contributed by atoms with Crippen LogP contribution in [0.5, 0.6) is 0 Å². The molecule has 100 valence electrons. The Morgan fingerprint density at radius 2 is 1.89 bits per heavy atom. The highest BCUT2D eigenvalue weighted by Crippen LogP contribution is 2.23. The molecule has 0 radical (unpaired) electrons. The van der Waals surface area contributed by atoms with Crippen LogP contribution >= 0.6 is 11.8 Å². The fourth-order valence-corrected chi connectivity index (χ4v) is 3.07. The average molecular weight is 272 g/mol. The molecule has 1 heterocycles. The number of benzene rings is 1. The van der Waals surface area contributed by atoms with E-state index < -0.39 is 0 Å². The van der Waals surface area contributed by atoms with Gasteiger partial charge in [-0.15, -0.1) is 11.8 Å². The Labute approximate surface area is 119 Å². The van der Waals surface area contributed by atoms with Crippen LogP contribution in [0.15, 0.2) is 41.4 Å². The molecule has 19 heavy (non-hydrogen) atoms. The number of rotatable bonds is 4. The Morgan fingerprint density at radius 3 is 2.58 bits per heavy atom. The van der Waals surface area contributed by atoms with Crippen molar-refractivity contribution >= 4 is 11.8 Å². The minimum atomic E-state index is 0.0486. The maximum Gasteiger partial charge on any atom is 0.0966 e. The van der Waals surface area contributed by atoms with Gasteiger partial charge in [0.1, 0.15) is 0 Å². The zero-order valence-corrected chi connectivity index (χ0v) is 12.5. The molecule has 2 nitrogen and oxygen atoms in total. The van der Waals surface area contributed by atoms with Crippen LogP contribution in [0.4, 0.5) is 0 Å². The van der Waals surface area contributed by atoms with E-state index in [1.807, 2.05) is 6.92 Å². The second kappa shape index (κ2) is 6.22. The summed E-state index contributed by atoms with van der Waals surface area (Å²) in [6.45, 7) is 6.21. The summed E-state index contributed by atoms with van der Waals surface area (Å²) in [4.78, 5) is 4.52. The van der Waals surface area contributed by atoms with E-state index in [4.69, 9.17) is 5.73 Å². The van der Waals surface area contributed by atoms with Gasteiger partial charge in [0, 0.05) is 17.5 Å². The molecule has 2 aromatic rings. The molecule has 1 unspecified atom stereocenters. The lowest BCUT2D eigenvalue weighted by atomic mass is 10.1. The number of hydrogen-bond acceptors (Lipinski definition) is 3. The third-order valence-corrected chi connectivity index (χ3v) is 3.99. The van der Waals surface area contributed by atoms with E-state index in [1.165, 1.54) is 16.7 Å². The van der Waals surface area contributed by atoms with Crippen molar-refractivity contribution in [3.63, 3.8) is 0 Å². The van der Waals surface area contributed by atoms with E-state index >= 15 is 0 Å². The van der Waals surface area contributed by atoms with Crippen LogP contribution < -0.4 is 5.73 Å². The minimum Gasteiger partial charge on any atom is -0.323 e. The van der Waals surface area contributed by atoms with Gasteiger partial charge in [-0.25, -0.2) is 4.98 Å². The standard InChI is InChI=1S/C16H20N2S/c1-11-5-4-6-14(8-11)15(17)10-19-16-9-12(2)7-13(3)18-16/h4-9,15H,10,17H2,1-3H3. The van der Waals surface area contributed by atoms with Gasteiger partial charge in [-0.2, -0.15) is 0 Å². The maximum atomic E-state index is 6.24. The average Bonchev–Trinajstić information content (AvgIpc) is 2.35. The van der Waals surface area contributed by atoms with Crippen molar-refractivity contribution in [1.82, 2.24) is 4.98 Å². The molecule has 1 atom stereocenters. The largest absolute Gasteiger partial charge is 0.323 e. The van der Waals surface area contributed by atoms with E-state index in [9.17, 15) is 0 Å². The zero-order valence-electron chi connectivity index (χ0n) is 11.7. The van der Waals surface area contributed by atoms with Crippen LogP contribution in [0.3, 0.4) is 0 Å². The summed E-state index contributed by atoms with van der Waals surface area (Å²) < 4.78 is 0. The van der Waals surface area contributed by atoms with Crippen LogP contribution in [0.25, 0.3) is 0 Å². The van der Waals surface area contributed by atoms with Crippen LogP contribution in [-0.2, 0) is 0 Å². The van der Waals surface area contributed by atoms with Gasteiger partial charge in [0.15, 0.2) is 0 Å². The molecular weight excluding hydrogens is 252 g/mol. The quantitative estimate of drug-likeness (QED) is 0.860. The van der Waals surface area contributed by atoms with E-state index in [0.29, 0.717) is 0 Å². The lowest BCUT2D eigenvalue weighted by Gasteiger charge is -2.12. The summed E-state index contributed by atoms with van der Waals surface area (Å²) in [7, 11) is 0. The summed E-state index contributed by atoms with van der Waals surface area (Å²) in [6.07, 6.45) is 0. The monoisotopic (exact) mass is 272 g/mol. The van der Waals surface area contributed by atoms with Gasteiger partial charge in [-0.1, -0.05) is 29.8 Å².